The van der Waals surface area contributed by atoms with E-state index in [1.54, 1.807) is 6.08 Å². The third-order valence-electron chi connectivity index (χ3n) is 1.65. The monoisotopic (exact) mass is 186 g/mol. The Bertz CT molecular complexity index is 156. The molecule has 0 heterocycles. The van der Waals surface area contributed by atoms with E-state index in [4.69, 9.17) is 5.11 Å². The lowest BCUT2D eigenvalue weighted by Gasteiger charge is -2.13. The fourth-order valence-corrected chi connectivity index (χ4v) is 0.843. The van der Waals surface area contributed by atoms with E-state index in [2.05, 4.69) is 17.2 Å². The quantitative estimate of drug-likeness (QED) is 0.376. The predicted octanol–water partition coefficient (Wildman–Crippen LogP) is -0.351. The van der Waals surface area contributed by atoms with E-state index < -0.39 is 0 Å². The first kappa shape index (κ1) is 12.1. The summed E-state index contributed by atoms with van der Waals surface area (Å²) in [4.78, 5) is 11.1. The van der Waals surface area contributed by atoms with Crippen LogP contribution in [0.2, 0.25) is 0 Å². The Balaban J connectivity index is 3.53. The lowest BCUT2D eigenvalue weighted by Crippen LogP contribution is -2.41. The van der Waals surface area contributed by atoms with Gasteiger partial charge in [-0.05, 0) is 6.42 Å². The van der Waals surface area contributed by atoms with E-state index in [9.17, 15) is 4.79 Å². The SMILES string of the molecule is C=CCNCC(=O)N[C@H](CC)CO. The summed E-state index contributed by atoms with van der Waals surface area (Å²) in [5.41, 5.74) is 0. The Labute approximate surface area is 79.0 Å². The molecule has 13 heavy (non-hydrogen) atoms. The van der Waals surface area contributed by atoms with Crippen LogP contribution in [0.3, 0.4) is 0 Å². The van der Waals surface area contributed by atoms with Crippen LogP contribution in [0.5, 0.6) is 0 Å². The Kier molecular flexibility index (Phi) is 7.24. The van der Waals surface area contributed by atoms with Crippen molar-refractivity contribution in [2.24, 2.45) is 0 Å². The van der Waals surface area contributed by atoms with E-state index in [0.29, 0.717) is 6.54 Å². The lowest BCUT2D eigenvalue weighted by molar-refractivity contribution is -0.121. The van der Waals surface area contributed by atoms with Crippen LogP contribution in [-0.4, -0.2) is 36.8 Å². The van der Waals surface area contributed by atoms with Gasteiger partial charge in [-0.1, -0.05) is 13.0 Å². The second kappa shape index (κ2) is 7.76. The van der Waals surface area contributed by atoms with Gasteiger partial charge in [-0.15, -0.1) is 6.58 Å². The number of hydrogen-bond acceptors (Lipinski definition) is 3. The van der Waals surface area contributed by atoms with Gasteiger partial charge >= 0.3 is 0 Å². The van der Waals surface area contributed by atoms with E-state index in [-0.39, 0.29) is 25.1 Å². The van der Waals surface area contributed by atoms with Crippen molar-refractivity contribution in [2.45, 2.75) is 19.4 Å². The highest BCUT2D eigenvalue weighted by molar-refractivity contribution is 5.78. The summed E-state index contributed by atoms with van der Waals surface area (Å²) in [5.74, 6) is -0.0947. The molecule has 3 N–H and O–H groups in total. The normalized spacial score (nSPS) is 12.2. The van der Waals surface area contributed by atoms with Crippen molar-refractivity contribution < 1.29 is 9.90 Å². The Morgan fingerprint density at radius 2 is 2.38 bits per heavy atom. The Morgan fingerprint density at radius 3 is 2.85 bits per heavy atom. The molecular weight excluding hydrogens is 168 g/mol. The highest BCUT2D eigenvalue weighted by Crippen LogP contribution is 1.87. The van der Waals surface area contributed by atoms with Crippen LogP contribution < -0.4 is 10.6 Å². The van der Waals surface area contributed by atoms with E-state index in [0.717, 1.165) is 6.42 Å². The van der Waals surface area contributed by atoms with Gasteiger partial charge in [-0.2, -0.15) is 0 Å². The van der Waals surface area contributed by atoms with Crippen LogP contribution >= 0.6 is 0 Å². The third kappa shape index (κ3) is 6.31. The average Bonchev–Trinajstić information content (AvgIpc) is 2.14. The number of carbonyl (C=O) groups is 1. The smallest absolute Gasteiger partial charge is 0.234 e. The Hall–Kier alpha value is -0.870. The molecule has 0 fully saturated rings. The molecule has 0 bridgehead atoms. The summed E-state index contributed by atoms with van der Waals surface area (Å²) in [7, 11) is 0. The van der Waals surface area contributed by atoms with Gasteiger partial charge in [0.25, 0.3) is 0 Å². The number of amides is 1. The van der Waals surface area contributed by atoms with Gasteiger partial charge in [0.05, 0.1) is 19.2 Å². The largest absolute Gasteiger partial charge is 0.394 e. The molecule has 0 aliphatic rings. The van der Waals surface area contributed by atoms with Crippen molar-refractivity contribution in [3.63, 3.8) is 0 Å². The fourth-order valence-electron chi connectivity index (χ4n) is 0.843. The zero-order valence-electron chi connectivity index (χ0n) is 8.05. The minimum Gasteiger partial charge on any atom is -0.394 e. The van der Waals surface area contributed by atoms with Crippen LogP contribution in [0.1, 0.15) is 13.3 Å². The number of aliphatic hydroxyl groups excluding tert-OH is 1. The third-order valence-corrected chi connectivity index (χ3v) is 1.65. The van der Waals surface area contributed by atoms with Crippen molar-refractivity contribution in [2.75, 3.05) is 19.7 Å². The van der Waals surface area contributed by atoms with Gasteiger partial charge in [-0.25, -0.2) is 0 Å². The molecule has 0 saturated heterocycles. The van der Waals surface area contributed by atoms with Gasteiger partial charge in [0, 0.05) is 6.54 Å². The summed E-state index contributed by atoms with van der Waals surface area (Å²) < 4.78 is 0. The van der Waals surface area contributed by atoms with Crippen LogP contribution in [-0.2, 0) is 4.79 Å². The summed E-state index contributed by atoms with van der Waals surface area (Å²) in [6, 6.07) is -0.127. The van der Waals surface area contributed by atoms with Crippen molar-refractivity contribution in [3.8, 4) is 0 Å². The molecule has 0 saturated carbocycles. The molecule has 1 amide bonds. The summed E-state index contributed by atoms with van der Waals surface area (Å²) in [6.07, 6.45) is 2.43. The zero-order valence-corrected chi connectivity index (χ0v) is 8.05. The molecule has 0 aromatic carbocycles. The predicted molar refractivity (Wildman–Crippen MR) is 52.4 cm³/mol. The topological polar surface area (TPSA) is 61.4 Å². The Morgan fingerprint density at radius 1 is 1.69 bits per heavy atom. The summed E-state index contributed by atoms with van der Waals surface area (Å²) in [6.45, 7) is 6.30. The van der Waals surface area contributed by atoms with Crippen molar-refractivity contribution in [3.05, 3.63) is 12.7 Å². The van der Waals surface area contributed by atoms with Crippen LogP contribution in [0.15, 0.2) is 12.7 Å². The number of nitrogens with one attached hydrogen (secondary N) is 2. The molecule has 76 valence electrons. The van der Waals surface area contributed by atoms with E-state index in [1.165, 1.54) is 0 Å². The van der Waals surface area contributed by atoms with E-state index in [1.807, 2.05) is 6.92 Å². The molecule has 0 aromatic rings. The molecule has 4 heteroatoms. The van der Waals surface area contributed by atoms with Gasteiger partial charge in [0.1, 0.15) is 0 Å². The zero-order chi connectivity index (χ0) is 10.1. The molecule has 4 nitrogen and oxygen atoms in total. The van der Waals surface area contributed by atoms with Crippen molar-refractivity contribution in [1.82, 2.24) is 10.6 Å². The lowest BCUT2D eigenvalue weighted by atomic mass is 10.2. The van der Waals surface area contributed by atoms with Crippen molar-refractivity contribution >= 4 is 5.91 Å². The van der Waals surface area contributed by atoms with Gasteiger partial charge < -0.3 is 15.7 Å². The molecule has 0 spiro atoms. The number of aliphatic hydroxyl groups is 1. The van der Waals surface area contributed by atoms with Gasteiger partial charge in [0.15, 0.2) is 0 Å². The maximum absolute atomic E-state index is 11.1. The van der Waals surface area contributed by atoms with E-state index >= 15 is 0 Å². The summed E-state index contributed by atoms with van der Waals surface area (Å²) >= 11 is 0. The number of carbonyl (C=O) groups excluding carboxylic acids is 1. The molecular formula is C9H18N2O2. The standard InChI is InChI=1S/C9H18N2O2/c1-3-5-10-6-9(13)11-8(4-2)7-12/h3,8,10,12H,1,4-7H2,2H3,(H,11,13)/t8-/m1/s1. The molecule has 0 aliphatic heterocycles. The highest BCUT2D eigenvalue weighted by Gasteiger charge is 2.07. The second-order valence-corrected chi connectivity index (χ2v) is 2.77. The number of hydrogen-bond donors (Lipinski definition) is 3. The first-order chi connectivity index (χ1) is 6.24. The maximum Gasteiger partial charge on any atom is 0.234 e. The first-order valence-corrected chi connectivity index (χ1v) is 4.46. The molecule has 0 aromatic heterocycles. The van der Waals surface area contributed by atoms with Gasteiger partial charge in [-0.3, -0.25) is 4.79 Å². The minimum atomic E-state index is -0.127. The fraction of sp³-hybridized carbons (Fsp3) is 0.667. The average molecular weight is 186 g/mol. The van der Waals surface area contributed by atoms with Crippen LogP contribution in [0.4, 0.5) is 0 Å². The van der Waals surface area contributed by atoms with Gasteiger partial charge in [0.2, 0.25) is 5.91 Å². The van der Waals surface area contributed by atoms with Crippen LogP contribution in [0, 0.1) is 0 Å². The minimum absolute atomic E-state index is 0.0102. The highest BCUT2D eigenvalue weighted by atomic mass is 16.3. The molecule has 0 radical (unpaired) electrons. The first-order valence-electron chi connectivity index (χ1n) is 4.46. The summed E-state index contributed by atoms with van der Waals surface area (Å²) in [5, 5.41) is 14.4. The number of rotatable bonds is 7. The molecule has 1 atom stereocenters. The molecule has 0 unspecified atom stereocenters. The van der Waals surface area contributed by atoms with Crippen LogP contribution in [0.25, 0.3) is 0 Å². The maximum atomic E-state index is 11.1. The van der Waals surface area contributed by atoms with Crippen molar-refractivity contribution in [1.29, 1.82) is 0 Å². The molecule has 0 rings (SSSR count). The second-order valence-electron chi connectivity index (χ2n) is 2.77. The molecule has 0 aliphatic carbocycles.